The lowest BCUT2D eigenvalue weighted by Gasteiger charge is -2.38. The van der Waals surface area contributed by atoms with Crippen molar-refractivity contribution >= 4 is 38.4 Å². The molecule has 17 rings (SSSR count). The van der Waals surface area contributed by atoms with Crippen molar-refractivity contribution < 1.29 is 40.5 Å². The monoisotopic (exact) mass is 1650 g/mol. The Morgan fingerprint density at radius 3 is 1.20 bits per heavy atom. The quantitative estimate of drug-likeness (QED) is 0.0624. The number of aromatic nitrogens is 15. The Hall–Kier alpha value is -13.3. The molecule has 1 aliphatic heterocycles. The van der Waals surface area contributed by atoms with Crippen LogP contribution in [-0.2, 0) is 67.6 Å². The molecule has 24 nitrogen and oxygen atoms in total. The number of ether oxygens (including phenoxy) is 4. The van der Waals surface area contributed by atoms with Gasteiger partial charge >= 0.3 is 6.18 Å². The lowest BCUT2D eigenvalue weighted by molar-refractivity contribution is -0.137. The maximum absolute atomic E-state index is 14.2. The van der Waals surface area contributed by atoms with Crippen molar-refractivity contribution in [1.29, 1.82) is 0 Å². The van der Waals surface area contributed by atoms with Gasteiger partial charge in [-0.05, 0) is 264 Å². The van der Waals surface area contributed by atoms with E-state index in [0.717, 1.165) is 152 Å². The highest BCUT2D eigenvalue weighted by Gasteiger charge is 2.38. The van der Waals surface area contributed by atoms with Gasteiger partial charge in [0.1, 0.15) is 54.1 Å². The van der Waals surface area contributed by atoms with Crippen molar-refractivity contribution in [2.75, 3.05) is 59.5 Å². The number of para-hydroxylation sites is 1. The van der Waals surface area contributed by atoms with Gasteiger partial charge in [-0.15, -0.1) is 40.8 Å². The third-order valence-corrected chi connectivity index (χ3v) is 22.7. The van der Waals surface area contributed by atoms with Gasteiger partial charge in [-0.25, -0.2) is 18.5 Å². The molecule has 620 valence electrons. The molecular weight excluding hydrogens is 1550 g/mol. The lowest BCUT2D eigenvalue weighted by atomic mass is 10.0. The Morgan fingerprint density at radius 2 is 0.802 bits per heavy atom. The second-order valence-corrected chi connectivity index (χ2v) is 31.6. The van der Waals surface area contributed by atoms with Gasteiger partial charge in [-0.3, -0.25) is 32.5 Å². The van der Waals surface area contributed by atoms with E-state index in [9.17, 15) is 21.6 Å². The molecule has 0 radical (unpaired) electrons. The molecule has 2 N–H and O–H groups in total. The number of piperazine rings is 1. The van der Waals surface area contributed by atoms with Crippen LogP contribution >= 0.6 is 0 Å². The molecule has 1 aliphatic rings. The Morgan fingerprint density at radius 1 is 0.413 bits per heavy atom. The summed E-state index contributed by atoms with van der Waals surface area (Å²) in [5.74, 6) is 3.58. The van der Waals surface area contributed by atoms with Gasteiger partial charge in [0, 0.05) is 113 Å². The fourth-order valence-electron chi connectivity index (χ4n) is 15.3. The van der Waals surface area contributed by atoms with Crippen molar-refractivity contribution in [2.45, 2.75) is 110 Å². The minimum atomic E-state index is -4.54. The number of nitrogens with two attached hydrogens (primary N) is 1. The second-order valence-electron chi connectivity index (χ2n) is 30.0. The molecule has 0 bridgehead atoms. The minimum absolute atomic E-state index is 0.0178. The van der Waals surface area contributed by atoms with Gasteiger partial charge in [-0.2, -0.15) is 13.2 Å². The smallest absolute Gasteiger partial charge is 0.419 e. The minimum Gasteiger partial charge on any atom is -0.496 e. The van der Waals surface area contributed by atoms with E-state index in [0.29, 0.717) is 61.1 Å². The SMILES string of the molecule is COc1cc(C)ccc1CCc1ccc(-c2ccc(S(N)(=O)=O)cc2)c2nncn12.COc1cc(C)ccc1CCc1ccc(-c2ccncc2)c2nncn12.COc1cc(C)ccc1CCc1ccc(-c2cnc(N3CCN(C(C)C)CC3)c(C(F)(F)F)c2)c2nncn12.COc1ccccc1CCc1ccc(-c2ccnc(C)c2)c2nncn12. The highest BCUT2D eigenvalue weighted by Crippen LogP contribution is 2.40. The number of fused-ring (bicyclic) bond motifs is 4. The van der Waals surface area contributed by atoms with Crippen LogP contribution in [0.3, 0.4) is 0 Å². The summed E-state index contributed by atoms with van der Waals surface area (Å²) in [7, 11) is 3.05. The standard InChI is InChI=1S/C29H33F3N6O.C22H22N4O3S.2C21H20N4O/c1-19(2)36-11-13-37(14-12-36)28-25(29(30,31)32)16-22(17-33-28)24-10-9-23(38-18-34-35-27(24)38)8-7-21-6-5-20(3)15-26(21)39-4;1-15-3-4-17(21(13-15)29-2)5-8-18-9-12-20(22-25-24-14-26(18)22)16-6-10-19(11-7-16)30(23,27)28;1-15-3-4-17(20(13-15)26-2)5-6-18-7-8-19(16-9-11-22-12-10-16)21-24-23-14-25(18)21;1-15-13-17(11-12-22-15)19-10-9-18(25-14-23-24-21(19)25)8-7-16-5-3-4-6-20(16)26-2/h5-6,9-10,15-19H,7-8,11-14H2,1-4H3;3-4,6-7,9-14H,5,8H2,1-2H3,(H2,23,27,28);3-4,7-14H,5-6H2,1-2H3;3-6,9-14H,7-8H2,1-2H3. The highest BCUT2D eigenvalue weighted by molar-refractivity contribution is 7.89. The van der Waals surface area contributed by atoms with Gasteiger partial charge in [0.2, 0.25) is 10.0 Å². The van der Waals surface area contributed by atoms with Crippen molar-refractivity contribution in [3.05, 3.63) is 305 Å². The molecule has 0 amide bonds. The number of rotatable bonds is 23. The number of alkyl halides is 3. The number of hydrogen-bond donors (Lipinski definition) is 1. The zero-order valence-electron chi connectivity index (χ0n) is 69.2. The van der Waals surface area contributed by atoms with Crippen LogP contribution in [0.1, 0.15) is 86.8 Å². The number of anilines is 1. The van der Waals surface area contributed by atoms with Gasteiger partial charge < -0.3 is 23.8 Å². The van der Waals surface area contributed by atoms with Crippen LogP contribution in [-0.4, -0.2) is 147 Å². The predicted octanol–water partition coefficient (Wildman–Crippen LogP) is 16.4. The predicted molar refractivity (Wildman–Crippen MR) is 463 cm³/mol. The number of pyridine rings is 7. The van der Waals surface area contributed by atoms with E-state index < -0.39 is 21.8 Å². The molecule has 28 heteroatoms. The van der Waals surface area contributed by atoms with E-state index in [2.05, 4.69) is 169 Å². The second kappa shape index (κ2) is 37.7. The number of nitrogens with zero attached hydrogens (tertiary/aromatic N) is 17. The molecule has 0 atom stereocenters. The van der Waals surface area contributed by atoms with Crippen LogP contribution < -0.4 is 29.0 Å². The molecular formula is C93H95F3N18O6S. The van der Waals surface area contributed by atoms with E-state index in [4.69, 9.17) is 24.1 Å². The lowest BCUT2D eigenvalue weighted by Crippen LogP contribution is -2.49. The number of halogens is 3. The molecule has 0 saturated carbocycles. The van der Waals surface area contributed by atoms with Gasteiger partial charge in [0.15, 0.2) is 22.6 Å². The number of hydrogen-bond acceptors (Lipinski definition) is 19. The largest absolute Gasteiger partial charge is 0.496 e. The van der Waals surface area contributed by atoms with Crippen LogP contribution in [0.2, 0.25) is 0 Å². The zero-order valence-corrected chi connectivity index (χ0v) is 70.0. The van der Waals surface area contributed by atoms with Crippen molar-refractivity contribution in [1.82, 2.24) is 78.2 Å². The summed E-state index contributed by atoms with van der Waals surface area (Å²) in [6.45, 7) is 14.7. The fourth-order valence-corrected chi connectivity index (χ4v) is 15.8. The molecule has 121 heavy (non-hydrogen) atoms. The van der Waals surface area contributed by atoms with E-state index in [1.807, 2.05) is 109 Å². The first-order valence-corrected chi connectivity index (χ1v) is 41.4. The molecule has 1 saturated heterocycles. The Bertz CT molecular complexity index is 6410. The van der Waals surface area contributed by atoms with Crippen molar-refractivity contribution in [2.24, 2.45) is 5.14 Å². The molecule has 1 fully saturated rings. The number of sulfonamides is 1. The Balaban J connectivity index is 0.000000134. The highest BCUT2D eigenvalue weighted by atomic mass is 32.2. The summed E-state index contributed by atoms with van der Waals surface area (Å²) in [4.78, 5) is 16.8. The fraction of sp³-hybridized carbons (Fsp3) is 0.258. The summed E-state index contributed by atoms with van der Waals surface area (Å²) in [5, 5.41) is 38.8. The summed E-state index contributed by atoms with van der Waals surface area (Å²) in [5.41, 5.74) is 22.6. The Labute approximate surface area is 700 Å². The van der Waals surface area contributed by atoms with E-state index >= 15 is 0 Å². The molecule has 12 heterocycles. The molecule has 5 aromatic carbocycles. The number of aryl methyl sites for hydroxylation is 12. The third kappa shape index (κ3) is 19.7. The number of benzene rings is 5. The van der Waals surface area contributed by atoms with Crippen LogP contribution in [0.25, 0.3) is 67.1 Å². The molecule has 11 aromatic heterocycles. The van der Waals surface area contributed by atoms with Gasteiger partial charge in [0.25, 0.3) is 0 Å². The summed E-state index contributed by atoms with van der Waals surface area (Å²) >= 11 is 0. The van der Waals surface area contributed by atoms with Gasteiger partial charge in [-0.1, -0.05) is 66.7 Å². The molecule has 0 aliphatic carbocycles. The Kier molecular flexibility index (Phi) is 26.3. The molecule has 16 aromatic rings. The average Bonchev–Trinajstić information content (AvgIpc) is 1.71. The first-order chi connectivity index (χ1) is 58.5. The number of methoxy groups -OCH3 is 4. The summed E-state index contributed by atoms with van der Waals surface area (Å²) in [6.07, 6.45) is 15.8. The maximum atomic E-state index is 14.2. The third-order valence-electron chi connectivity index (χ3n) is 21.8. The number of primary sulfonamides is 1. The van der Waals surface area contributed by atoms with Crippen LogP contribution in [0.15, 0.2) is 237 Å². The zero-order chi connectivity index (χ0) is 84.9. The molecule has 0 spiro atoms. The first kappa shape index (κ1) is 84.2. The van der Waals surface area contributed by atoms with Crippen LogP contribution in [0.4, 0.5) is 19.0 Å². The van der Waals surface area contributed by atoms with Crippen molar-refractivity contribution in [3.8, 4) is 67.5 Å². The maximum Gasteiger partial charge on any atom is 0.419 e. The average molecular weight is 1650 g/mol. The van der Waals surface area contributed by atoms with Crippen LogP contribution in [0.5, 0.6) is 23.0 Å². The normalized spacial score (nSPS) is 12.4. The topological polar surface area (TPSA) is 263 Å². The van der Waals surface area contributed by atoms with Crippen molar-refractivity contribution in [3.63, 3.8) is 0 Å². The van der Waals surface area contributed by atoms with Gasteiger partial charge in [0.05, 0.1) is 38.9 Å². The van der Waals surface area contributed by atoms with Crippen LogP contribution in [0, 0.1) is 27.7 Å². The first-order valence-electron chi connectivity index (χ1n) is 39.9. The van der Waals surface area contributed by atoms with E-state index in [1.54, 1.807) is 83.2 Å². The molecule has 0 unspecified atom stereocenters. The summed E-state index contributed by atoms with van der Waals surface area (Å²) in [6, 6.07) is 59.1. The van der Waals surface area contributed by atoms with E-state index in [-0.39, 0.29) is 10.7 Å². The van der Waals surface area contributed by atoms with E-state index in [1.165, 1.54) is 52.5 Å². The summed E-state index contributed by atoms with van der Waals surface area (Å²) < 4.78 is 95.7.